The van der Waals surface area contributed by atoms with E-state index in [0.717, 1.165) is 17.4 Å². The lowest BCUT2D eigenvalue weighted by Gasteiger charge is -2.27. The lowest BCUT2D eigenvalue weighted by Crippen LogP contribution is -2.47. The molecular weight excluding hydrogens is 292 g/mol. The molecule has 0 aromatic heterocycles. The number of carbonyl (C=O) groups is 1. The van der Waals surface area contributed by atoms with Gasteiger partial charge in [0.15, 0.2) is 11.5 Å². The lowest BCUT2D eigenvalue weighted by atomic mass is 9.96. The van der Waals surface area contributed by atoms with Crippen LogP contribution in [0.4, 0.5) is 4.79 Å². The van der Waals surface area contributed by atoms with Crippen LogP contribution in [0.15, 0.2) is 18.2 Å². The van der Waals surface area contributed by atoms with Crippen molar-refractivity contribution in [3.8, 4) is 11.5 Å². The summed E-state index contributed by atoms with van der Waals surface area (Å²) in [4.78, 5) is 11.2. The summed E-state index contributed by atoms with van der Waals surface area (Å²) in [5.41, 5.74) is 1.18. The van der Waals surface area contributed by atoms with E-state index in [1.165, 1.54) is 31.2 Å². The zero-order valence-electron chi connectivity index (χ0n) is 13.5. The molecule has 2 aliphatic carbocycles. The Kier molecular flexibility index (Phi) is 3.79. The number of ether oxygens (including phenoxy) is 2. The van der Waals surface area contributed by atoms with Crippen LogP contribution in [0, 0.1) is 11.8 Å². The topological polar surface area (TPSA) is 59.6 Å². The Morgan fingerprint density at radius 2 is 1.91 bits per heavy atom. The molecular formula is C18H24N2O3. The average Bonchev–Trinajstić information content (AvgIpc) is 3.18. The Morgan fingerprint density at radius 3 is 2.57 bits per heavy atom. The molecule has 1 aromatic carbocycles. The molecule has 23 heavy (non-hydrogen) atoms. The maximum atomic E-state index is 11.2. The molecule has 2 amide bonds. The highest BCUT2D eigenvalue weighted by Crippen LogP contribution is 2.47. The Bertz CT molecular complexity index is 594. The average molecular weight is 316 g/mol. The van der Waals surface area contributed by atoms with Crippen LogP contribution in [-0.2, 0) is 0 Å². The molecule has 2 bridgehead atoms. The van der Waals surface area contributed by atoms with Crippen LogP contribution in [0.1, 0.15) is 37.2 Å². The van der Waals surface area contributed by atoms with Crippen LogP contribution in [0.2, 0.25) is 0 Å². The quantitative estimate of drug-likeness (QED) is 0.898. The second-order valence-corrected chi connectivity index (χ2v) is 7.03. The number of fused-ring (bicyclic) bond motifs is 2. The molecule has 0 spiro atoms. The monoisotopic (exact) mass is 316 g/mol. The number of hydrogen-bond donors (Lipinski definition) is 2. The predicted octanol–water partition coefficient (Wildman–Crippen LogP) is 2.66. The third-order valence-corrected chi connectivity index (χ3v) is 5.63. The van der Waals surface area contributed by atoms with E-state index in [2.05, 4.69) is 22.8 Å². The summed E-state index contributed by atoms with van der Waals surface area (Å²) < 4.78 is 11.8. The van der Waals surface area contributed by atoms with Crippen molar-refractivity contribution < 1.29 is 14.3 Å². The van der Waals surface area contributed by atoms with Gasteiger partial charge in [0.1, 0.15) is 6.10 Å². The normalized spacial score (nSPS) is 30.0. The summed E-state index contributed by atoms with van der Waals surface area (Å²) in [5.74, 6) is 3.48. The maximum absolute atomic E-state index is 11.2. The number of methoxy groups -OCH3 is 1. The minimum atomic E-state index is -0.0896. The number of carbonyl (C=O) groups excluding carboxylic acids is 1. The van der Waals surface area contributed by atoms with Gasteiger partial charge in [0, 0.05) is 19.0 Å². The molecule has 3 atom stereocenters. The van der Waals surface area contributed by atoms with Crippen molar-refractivity contribution in [2.75, 3.05) is 20.2 Å². The van der Waals surface area contributed by atoms with Crippen LogP contribution in [0.25, 0.3) is 0 Å². The number of amides is 2. The highest BCUT2D eigenvalue weighted by molar-refractivity contribution is 5.75. The highest BCUT2D eigenvalue weighted by atomic mass is 16.5. The number of rotatable bonds is 4. The minimum Gasteiger partial charge on any atom is -0.493 e. The first kappa shape index (κ1) is 14.7. The zero-order chi connectivity index (χ0) is 15.8. The first-order chi connectivity index (χ1) is 11.2. The van der Waals surface area contributed by atoms with Gasteiger partial charge in [-0.3, -0.25) is 0 Å². The second-order valence-electron chi connectivity index (χ2n) is 7.03. The number of hydrogen-bond acceptors (Lipinski definition) is 3. The lowest BCUT2D eigenvalue weighted by molar-refractivity contribution is 0.133. The first-order valence-corrected chi connectivity index (χ1v) is 8.59. The Morgan fingerprint density at radius 1 is 1.09 bits per heavy atom. The SMILES string of the molecule is COc1ccc(C2CNC(=O)NC2)cc1O[C@H]1C[C@H]2CC[C@H]1C2. The third-order valence-electron chi connectivity index (χ3n) is 5.63. The fourth-order valence-electron chi connectivity index (χ4n) is 4.34. The van der Waals surface area contributed by atoms with E-state index in [-0.39, 0.29) is 11.9 Å². The molecule has 2 saturated carbocycles. The molecule has 0 radical (unpaired) electrons. The van der Waals surface area contributed by atoms with E-state index in [1.54, 1.807) is 7.11 Å². The Balaban J connectivity index is 1.52. The summed E-state index contributed by atoms with van der Waals surface area (Å²) in [6, 6.07) is 6.05. The van der Waals surface area contributed by atoms with Crippen LogP contribution in [0.3, 0.4) is 0 Å². The molecule has 124 valence electrons. The number of benzene rings is 1. The molecule has 5 heteroatoms. The van der Waals surface area contributed by atoms with Gasteiger partial charge in [-0.1, -0.05) is 6.07 Å². The van der Waals surface area contributed by atoms with Crippen LogP contribution >= 0.6 is 0 Å². The molecule has 3 aliphatic rings. The van der Waals surface area contributed by atoms with Gasteiger partial charge in [0.25, 0.3) is 0 Å². The third kappa shape index (κ3) is 2.84. The summed E-state index contributed by atoms with van der Waals surface area (Å²) in [6.07, 6.45) is 5.51. The Labute approximate surface area is 136 Å². The largest absolute Gasteiger partial charge is 0.493 e. The van der Waals surface area contributed by atoms with Crippen LogP contribution in [0.5, 0.6) is 11.5 Å². The second kappa shape index (κ2) is 5.95. The van der Waals surface area contributed by atoms with Gasteiger partial charge < -0.3 is 20.1 Å². The van der Waals surface area contributed by atoms with Gasteiger partial charge in [0.05, 0.1) is 7.11 Å². The van der Waals surface area contributed by atoms with E-state index in [0.29, 0.717) is 25.1 Å². The Hall–Kier alpha value is -1.91. The van der Waals surface area contributed by atoms with Gasteiger partial charge in [-0.2, -0.15) is 0 Å². The molecule has 1 heterocycles. The van der Waals surface area contributed by atoms with Gasteiger partial charge in [0.2, 0.25) is 0 Å². The van der Waals surface area contributed by atoms with Crippen molar-refractivity contribution in [3.05, 3.63) is 23.8 Å². The zero-order valence-corrected chi connectivity index (χ0v) is 13.5. The molecule has 2 N–H and O–H groups in total. The molecule has 1 aromatic rings. The minimum absolute atomic E-state index is 0.0896. The fourth-order valence-corrected chi connectivity index (χ4v) is 4.34. The van der Waals surface area contributed by atoms with Crippen molar-refractivity contribution >= 4 is 6.03 Å². The number of nitrogens with one attached hydrogen (secondary N) is 2. The molecule has 4 rings (SSSR count). The molecule has 1 aliphatic heterocycles. The van der Waals surface area contributed by atoms with Crippen molar-refractivity contribution in [2.24, 2.45) is 11.8 Å². The standard InChI is InChI=1S/C18H24N2O3/c1-22-15-5-4-12(14-9-19-18(21)20-10-14)8-17(15)23-16-7-11-2-3-13(16)6-11/h4-5,8,11,13-14,16H,2-3,6-7,9-10H2,1H3,(H2,19,20,21)/t11-,13-,16-/m0/s1. The fraction of sp³-hybridized carbons (Fsp3) is 0.611. The van der Waals surface area contributed by atoms with E-state index < -0.39 is 0 Å². The number of urea groups is 1. The molecule has 5 nitrogen and oxygen atoms in total. The predicted molar refractivity (Wildman–Crippen MR) is 87.0 cm³/mol. The highest BCUT2D eigenvalue weighted by Gasteiger charge is 2.41. The first-order valence-electron chi connectivity index (χ1n) is 8.59. The maximum Gasteiger partial charge on any atom is 0.314 e. The van der Waals surface area contributed by atoms with Crippen molar-refractivity contribution in [3.63, 3.8) is 0 Å². The molecule has 3 fully saturated rings. The van der Waals surface area contributed by atoms with Crippen LogP contribution < -0.4 is 20.1 Å². The van der Waals surface area contributed by atoms with E-state index in [9.17, 15) is 4.79 Å². The van der Waals surface area contributed by atoms with Crippen molar-refractivity contribution in [1.82, 2.24) is 10.6 Å². The summed E-state index contributed by atoms with van der Waals surface area (Å²) in [5, 5.41) is 5.70. The van der Waals surface area contributed by atoms with Crippen LogP contribution in [-0.4, -0.2) is 32.3 Å². The van der Waals surface area contributed by atoms with Crippen molar-refractivity contribution in [2.45, 2.75) is 37.7 Å². The van der Waals surface area contributed by atoms with Gasteiger partial charge >= 0.3 is 6.03 Å². The summed E-state index contributed by atoms with van der Waals surface area (Å²) in [6.45, 7) is 1.32. The van der Waals surface area contributed by atoms with Gasteiger partial charge in [-0.05, 0) is 55.2 Å². The van der Waals surface area contributed by atoms with Gasteiger partial charge in [-0.25, -0.2) is 4.79 Å². The summed E-state index contributed by atoms with van der Waals surface area (Å²) >= 11 is 0. The van der Waals surface area contributed by atoms with Gasteiger partial charge in [-0.15, -0.1) is 0 Å². The molecule has 0 unspecified atom stereocenters. The summed E-state index contributed by atoms with van der Waals surface area (Å²) in [7, 11) is 1.69. The molecule has 1 saturated heterocycles. The van der Waals surface area contributed by atoms with Crippen molar-refractivity contribution in [1.29, 1.82) is 0 Å². The van der Waals surface area contributed by atoms with E-state index in [4.69, 9.17) is 9.47 Å². The smallest absolute Gasteiger partial charge is 0.314 e. The van der Waals surface area contributed by atoms with E-state index >= 15 is 0 Å². The van der Waals surface area contributed by atoms with E-state index in [1.807, 2.05) is 6.07 Å².